The molecule has 14 heavy (non-hydrogen) atoms. The fourth-order valence-electron chi connectivity index (χ4n) is 1.20. The Morgan fingerprint density at radius 2 is 2.21 bits per heavy atom. The summed E-state index contributed by atoms with van der Waals surface area (Å²) in [7, 11) is 0. The molecule has 74 valence electrons. The Balaban J connectivity index is 2.44. The van der Waals surface area contributed by atoms with Crippen molar-refractivity contribution in [2.24, 2.45) is 0 Å². The van der Waals surface area contributed by atoms with Crippen molar-refractivity contribution < 1.29 is 8.78 Å². The number of halogens is 2. The van der Waals surface area contributed by atoms with E-state index in [0.717, 1.165) is 6.92 Å². The molecule has 0 atom stereocenters. The maximum Gasteiger partial charge on any atom is 0.252 e. The molecule has 0 aliphatic rings. The van der Waals surface area contributed by atoms with Crippen LogP contribution in [-0.2, 0) is 6.42 Å². The predicted octanol–water partition coefficient (Wildman–Crippen LogP) is 1.32. The van der Waals surface area contributed by atoms with Crippen molar-refractivity contribution in [2.75, 3.05) is 0 Å². The van der Waals surface area contributed by atoms with Crippen molar-refractivity contribution in [2.45, 2.75) is 19.3 Å². The Bertz CT molecular complexity index is 446. The number of nitrogens with zero attached hydrogens (tertiary/aromatic N) is 4. The molecule has 0 unspecified atom stereocenters. The van der Waals surface area contributed by atoms with Gasteiger partial charge in [0.05, 0.1) is 12.6 Å². The Kier molecular flexibility index (Phi) is 1.90. The molecule has 0 N–H and O–H groups in total. The van der Waals surface area contributed by atoms with Crippen molar-refractivity contribution in [1.82, 2.24) is 19.6 Å². The second-order valence-corrected chi connectivity index (χ2v) is 3.17. The zero-order chi connectivity index (χ0) is 10.2. The molecular formula is C8H8F2N4. The van der Waals surface area contributed by atoms with Gasteiger partial charge in [-0.05, 0) is 6.92 Å². The molecule has 2 aromatic rings. The van der Waals surface area contributed by atoms with Gasteiger partial charge in [0.25, 0.3) is 5.92 Å². The molecule has 0 spiro atoms. The Morgan fingerprint density at radius 1 is 1.43 bits per heavy atom. The van der Waals surface area contributed by atoms with Gasteiger partial charge in [-0.3, -0.25) is 9.38 Å². The average molecular weight is 198 g/mol. The molecule has 0 radical (unpaired) electrons. The van der Waals surface area contributed by atoms with Crippen LogP contribution < -0.4 is 0 Å². The van der Waals surface area contributed by atoms with E-state index in [-0.39, 0.29) is 5.82 Å². The number of aromatic nitrogens is 4. The molecular weight excluding hydrogens is 190 g/mol. The van der Waals surface area contributed by atoms with Gasteiger partial charge in [0.1, 0.15) is 5.82 Å². The summed E-state index contributed by atoms with van der Waals surface area (Å²) in [6.07, 6.45) is 4.13. The van der Waals surface area contributed by atoms with Crippen LogP contribution >= 0.6 is 0 Å². The molecule has 6 heteroatoms. The molecule has 0 aliphatic carbocycles. The summed E-state index contributed by atoms with van der Waals surface area (Å²) in [4.78, 5) is 3.81. The Morgan fingerprint density at radius 3 is 2.93 bits per heavy atom. The van der Waals surface area contributed by atoms with Gasteiger partial charge in [0, 0.05) is 12.4 Å². The number of fused-ring (bicyclic) bond motifs is 1. The first-order valence-corrected chi connectivity index (χ1v) is 4.08. The highest BCUT2D eigenvalue weighted by Crippen LogP contribution is 2.17. The van der Waals surface area contributed by atoms with Gasteiger partial charge in [-0.2, -0.15) is 0 Å². The molecule has 0 saturated heterocycles. The first kappa shape index (κ1) is 8.98. The summed E-state index contributed by atoms with van der Waals surface area (Å²) in [5, 5.41) is 7.39. The topological polar surface area (TPSA) is 43.1 Å². The van der Waals surface area contributed by atoms with Crippen LogP contribution in [0.15, 0.2) is 18.6 Å². The van der Waals surface area contributed by atoms with E-state index >= 15 is 0 Å². The van der Waals surface area contributed by atoms with E-state index in [2.05, 4.69) is 15.2 Å². The largest absolute Gasteiger partial charge is 0.283 e. The summed E-state index contributed by atoms with van der Waals surface area (Å²) in [5.74, 6) is -2.53. The van der Waals surface area contributed by atoms with Gasteiger partial charge in [0.2, 0.25) is 0 Å². The summed E-state index contributed by atoms with van der Waals surface area (Å²) in [6, 6.07) is 0. The van der Waals surface area contributed by atoms with E-state index in [1.54, 1.807) is 6.20 Å². The average Bonchev–Trinajstić information content (AvgIpc) is 2.47. The SMILES string of the molecule is CC(F)(F)Cc1nnc2cnccn12. The van der Waals surface area contributed by atoms with Crippen molar-refractivity contribution >= 4 is 5.65 Å². The second kappa shape index (κ2) is 2.97. The van der Waals surface area contributed by atoms with Gasteiger partial charge in [0.15, 0.2) is 5.65 Å². The summed E-state index contributed by atoms with van der Waals surface area (Å²) >= 11 is 0. The van der Waals surface area contributed by atoms with Gasteiger partial charge in [-0.15, -0.1) is 10.2 Å². The maximum absolute atomic E-state index is 12.7. The van der Waals surface area contributed by atoms with Crippen molar-refractivity contribution in [3.05, 3.63) is 24.4 Å². The van der Waals surface area contributed by atoms with Crippen LogP contribution in [-0.4, -0.2) is 25.5 Å². The van der Waals surface area contributed by atoms with Crippen LogP contribution in [0.1, 0.15) is 12.7 Å². The zero-order valence-corrected chi connectivity index (χ0v) is 7.48. The first-order chi connectivity index (χ1) is 6.56. The van der Waals surface area contributed by atoms with Gasteiger partial charge < -0.3 is 0 Å². The summed E-state index contributed by atoms with van der Waals surface area (Å²) < 4.78 is 26.9. The summed E-state index contributed by atoms with van der Waals surface area (Å²) in [5.41, 5.74) is 0.478. The number of alkyl halides is 2. The zero-order valence-electron chi connectivity index (χ0n) is 7.48. The molecule has 0 bridgehead atoms. The normalized spacial score (nSPS) is 12.2. The molecule has 4 nitrogen and oxygen atoms in total. The maximum atomic E-state index is 12.7. The fourth-order valence-corrected chi connectivity index (χ4v) is 1.20. The lowest BCUT2D eigenvalue weighted by atomic mass is 10.2. The van der Waals surface area contributed by atoms with E-state index in [9.17, 15) is 8.78 Å². The standard InChI is InChI=1S/C8H8F2N4/c1-8(9,10)4-6-12-13-7-5-11-2-3-14(6)7/h2-3,5H,4H2,1H3. The van der Waals surface area contributed by atoms with Crippen molar-refractivity contribution in [3.8, 4) is 0 Å². The molecule has 0 aromatic carbocycles. The third kappa shape index (κ3) is 1.68. The Labute approximate surface area is 78.6 Å². The number of hydrogen-bond acceptors (Lipinski definition) is 3. The lowest BCUT2D eigenvalue weighted by Gasteiger charge is -2.07. The van der Waals surface area contributed by atoms with Crippen LogP contribution in [0.2, 0.25) is 0 Å². The number of hydrogen-bond donors (Lipinski definition) is 0. The quantitative estimate of drug-likeness (QED) is 0.730. The van der Waals surface area contributed by atoms with Crippen LogP contribution in [0.25, 0.3) is 5.65 Å². The van der Waals surface area contributed by atoms with E-state index < -0.39 is 12.3 Å². The molecule has 0 saturated carbocycles. The van der Waals surface area contributed by atoms with E-state index in [1.165, 1.54) is 16.8 Å². The molecule has 2 aromatic heterocycles. The lowest BCUT2D eigenvalue weighted by molar-refractivity contribution is 0.0203. The highest BCUT2D eigenvalue weighted by Gasteiger charge is 2.24. The molecule has 2 heterocycles. The van der Waals surface area contributed by atoms with Gasteiger partial charge >= 0.3 is 0 Å². The van der Waals surface area contributed by atoms with Crippen molar-refractivity contribution in [3.63, 3.8) is 0 Å². The lowest BCUT2D eigenvalue weighted by Crippen LogP contribution is -2.15. The van der Waals surface area contributed by atoms with Crippen LogP contribution in [0.4, 0.5) is 8.78 Å². The smallest absolute Gasteiger partial charge is 0.252 e. The van der Waals surface area contributed by atoms with Gasteiger partial charge in [-0.25, -0.2) is 8.78 Å². The fraction of sp³-hybridized carbons (Fsp3) is 0.375. The highest BCUT2D eigenvalue weighted by atomic mass is 19.3. The minimum Gasteiger partial charge on any atom is -0.283 e. The van der Waals surface area contributed by atoms with Crippen LogP contribution in [0.3, 0.4) is 0 Å². The summed E-state index contributed by atoms with van der Waals surface area (Å²) in [6.45, 7) is 0.856. The minimum absolute atomic E-state index is 0.245. The highest BCUT2D eigenvalue weighted by molar-refractivity contribution is 5.33. The van der Waals surface area contributed by atoms with Crippen molar-refractivity contribution in [1.29, 1.82) is 0 Å². The van der Waals surface area contributed by atoms with Crippen LogP contribution in [0, 0.1) is 0 Å². The minimum atomic E-state index is -2.77. The Hall–Kier alpha value is -1.59. The molecule has 0 aliphatic heterocycles. The third-order valence-corrected chi connectivity index (χ3v) is 1.75. The van der Waals surface area contributed by atoms with Crippen LogP contribution in [0.5, 0.6) is 0 Å². The molecule has 2 rings (SSSR count). The third-order valence-electron chi connectivity index (χ3n) is 1.75. The number of rotatable bonds is 2. The first-order valence-electron chi connectivity index (χ1n) is 4.08. The second-order valence-electron chi connectivity index (χ2n) is 3.17. The molecule has 0 fully saturated rings. The van der Waals surface area contributed by atoms with E-state index in [4.69, 9.17) is 0 Å². The predicted molar refractivity (Wildman–Crippen MR) is 45.1 cm³/mol. The molecule has 0 amide bonds. The monoisotopic (exact) mass is 198 g/mol. The van der Waals surface area contributed by atoms with Gasteiger partial charge in [-0.1, -0.05) is 0 Å². The van der Waals surface area contributed by atoms with E-state index in [0.29, 0.717) is 5.65 Å². The van der Waals surface area contributed by atoms with E-state index in [1.807, 2.05) is 0 Å².